The van der Waals surface area contributed by atoms with Crippen molar-refractivity contribution in [1.82, 2.24) is 29.5 Å². The zero-order chi connectivity index (χ0) is 36.5. The second-order valence-electron chi connectivity index (χ2n) is 12.3. The predicted octanol–water partition coefficient (Wildman–Crippen LogP) is 7.42. The van der Waals surface area contributed by atoms with Gasteiger partial charge in [0.15, 0.2) is 0 Å². The summed E-state index contributed by atoms with van der Waals surface area (Å²) in [5.41, 5.74) is 14.2. The number of imidazole rings is 2. The van der Waals surface area contributed by atoms with Crippen LogP contribution in [-0.4, -0.2) is 24.4 Å². The first-order chi connectivity index (χ1) is 24.6. The number of allylic oxidation sites excluding steroid dienone is 3. The molecular weight excluding hydrogens is 821 g/mol. The summed E-state index contributed by atoms with van der Waals surface area (Å²) in [6.07, 6.45) is 14.9. The first-order valence-electron chi connectivity index (χ1n) is 16.7. The van der Waals surface area contributed by atoms with E-state index in [9.17, 15) is 0 Å². The number of aryl methyl sites for hydroxylation is 3. The maximum atomic E-state index is 4.08. The van der Waals surface area contributed by atoms with Crippen LogP contribution in [0.4, 0.5) is 0 Å². The maximum absolute atomic E-state index is 4.08. The van der Waals surface area contributed by atoms with Crippen LogP contribution in [0.5, 0.6) is 0 Å². The molecule has 3 aromatic carbocycles. The Morgan fingerprint density at radius 1 is 0.769 bits per heavy atom. The van der Waals surface area contributed by atoms with Gasteiger partial charge in [-0.15, -0.1) is 0 Å². The van der Waals surface area contributed by atoms with Crippen molar-refractivity contribution in [2.45, 2.75) is 55.4 Å². The minimum atomic E-state index is 0. The van der Waals surface area contributed by atoms with Crippen LogP contribution in [0.1, 0.15) is 46.4 Å². The van der Waals surface area contributed by atoms with Gasteiger partial charge >= 0.3 is 0 Å². The molecule has 0 saturated carbocycles. The number of benzene rings is 3. The van der Waals surface area contributed by atoms with Gasteiger partial charge in [0, 0.05) is 37.7 Å². The third-order valence-corrected chi connectivity index (χ3v) is 8.52. The molecule has 0 aliphatic rings. The minimum Gasteiger partial charge on any atom is -0.358 e. The number of pyridine rings is 1. The Labute approximate surface area is 321 Å². The molecule has 52 heavy (non-hydrogen) atoms. The Kier molecular flexibility index (Phi) is 13.7. The van der Waals surface area contributed by atoms with E-state index in [1.165, 1.54) is 33.8 Å². The second kappa shape index (κ2) is 18.1. The van der Waals surface area contributed by atoms with Gasteiger partial charge in [0.05, 0.1) is 28.5 Å². The van der Waals surface area contributed by atoms with Gasteiger partial charge in [-0.1, -0.05) is 54.6 Å². The van der Waals surface area contributed by atoms with Crippen molar-refractivity contribution in [2.24, 2.45) is 0 Å². The Hall–Kier alpha value is -5.50. The van der Waals surface area contributed by atoms with Crippen LogP contribution in [-0.2, 0) is 20.1 Å². The molecule has 0 fully saturated rings. The molecule has 4 aromatic heterocycles. The number of nitrogens with zero attached hydrogens (tertiary/aromatic N) is 8. The zero-order valence-corrected chi connectivity index (χ0v) is 33.3. The van der Waals surface area contributed by atoms with Crippen molar-refractivity contribution in [2.75, 3.05) is 0 Å². The fourth-order valence-electron chi connectivity index (χ4n) is 5.26. The number of hydrogen-bond donors (Lipinski definition) is 0. The van der Waals surface area contributed by atoms with E-state index in [1.807, 2.05) is 35.8 Å². The van der Waals surface area contributed by atoms with Gasteiger partial charge in [-0.05, 0) is 102 Å². The molecule has 0 aliphatic heterocycles. The van der Waals surface area contributed by atoms with E-state index >= 15 is 0 Å². The Morgan fingerprint density at radius 2 is 1.37 bits per heavy atom. The zero-order valence-electron chi connectivity index (χ0n) is 30.9. The molecule has 267 valence electrons. The van der Waals surface area contributed by atoms with Crippen LogP contribution in [0.3, 0.4) is 0 Å². The third-order valence-electron chi connectivity index (χ3n) is 8.52. The molecule has 0 amide bonds. The van der Waals surface area contributed by atoms with Crippen molar-refractivity contribution in [3.63, 3.8) is 0 Å². The number of aromatic nitrogens is 8. The first-order valence-corrected chi connectivity index (χ1v) is 16.7. The van der Waals surface area contributed by atoms with Crippen LogP contribution in [0.2, 0.25) is 0 Å². The quantitative estimate of drug-likeness (QED) is 0.0993. The van der Waals surface area contributed by atoms with E-state index in [1.54, 1.807) is 18.5 Å². The van der Waals surface area contributed by atoms with E-state index in [0.717, 1.165) is 34.1 Å². The van der Waals surface area contributed by atoms with E-state index in [4.69, 9.17) is 0 Å². The molecule has 1 radical (unpaired) electrons. The molecule has 0 atom stereocenters. The minimum absolute atomic E-state index is 0. The van der Waals surface area contributed by atoms with Crippen LogP contribution in [0, 0.1) is 73.3 Å². The molecule has 8 nitrogen and oxygen atoms in total. The molecule has 0 unspecified atom stereocenters. The Bertz CT molecular complexity index is 2140. The third kappa shape index (κ3) is 9.43. The molecule has 7 rings (SSSR count). The van der Waals surface area contributed by atoms with Crippen molar-refractivity contribution >= 4 is 5.70 Å². The van der Waals surface area contributed by atoms with Crippen molar-refractivity contribution in [3.8, 4) is 28.5 Å². The second-order valence-corrected chi connectivity index (χ2v) is 12.3. The van der Waals surface area contributed by atoms with Gasteiger partial charge in [0.1, 0.15) is 0 Å². The van der Waals surface area contributed by atoms with Gasteiger partial charge in [0.2, 0.25) is 0 Å². The molecule has 9 heteroatoms. The molecule has 0 bridgehead atoms. The van der Waals surface area contributed by atoms with Gasteiger partial charge in [-0.2, -0.15) is 29.8 Å². The van der Waals surface area contributed by atoms with E-state index in [0.29, 0.717) is 5.69 Å². The summed E-state index contributed by atoms with van der Waals surface area (Å²) in [5, 5.41) is 10.8. The van der Waals surface area contributed by atoms with Crippen LogP contribution >= 0.6 is 0 Å². The fraction of sp³-hybridized carbons (Fsp3) is 0.186. The smallest absolute Gasteiger partial charge is 0.267 e. The predicted molar refractivity (Wildman–Crippen MR) is 200 cm³/mol. The largest absolute Gasteiger partial charge is 0.358 e. The summed E-state index contributed by atoms with van der Waals surface area (Å²) < 4.78 is 8.25. The van der Waals surface area contributed by atoms with Crippen molar-refractivity contribution < 1.29 is 29.2 Å². The topological polar surface area (TPSA) is 70.4 Å². The molecule has 0 spiro atoms. The molecule has 4 heterocycles. The normalized spacial score (nSPS) is 10.7. The maximum Gasteiger partial charge on any atom is 0.267 e. The van der Waals surface area contributed by atoms with Crippen molar-refractivity contribution in [1.29, 1.82) is 0 Å². The van der Waals surface area contributed by atoms with Crippen molar-refractivity contribution in [3.05, 3.63) is 174 Å². The summed E-state index contributed by atoms with van der Waals surface area (Å²) in [6, 6.07) is 32.1. The van der Waals surface area contributed by atoms with Crippen LogP contribution < -0.4 is 14.2 Å². The van der Waals surface area contributed by atoms with Crippen LogP contribution in [0.25, 0.3) is 34.1 Å². The summed E-state index contributed by atoms with van der Waals surface area (Å²) in [5.74, 6) is 0. The SMILES string of the molecule is C=C[C-]=C(C)n1[c-][n+](-c2ccc(C)cc2)c(C)c1C.Cc1c[c-]c(-n2[c-][n+](-c3ccc(C)cc3)c(C)c2C)cc1.[Ir].c1ccc(-c2cnn[n-]2)nc1. The molecular formula is C43H43IrN8-3. The summed E-state index contributed by atoms with van der Waals surface area (Å²) in [4.78, 5) is 4.08. The Balaban J connectivity index is 0.000000180. The summed E-state index contributed by atoms with van der Waals surface area (Å²) >= 11 is 0. The van der Waals surface area contributed by atoms with Crippen LogP contribution in [0.15, 0.2) is 110 Å². The molecule has 0 N–H and O–H groups in total. The average molecular weight is 864 g/mol. The number of rotatable bonds is 6. The standard InChI is InChI=1S/C19H19N2.C17H19N2.C7H5N4.Ir/c1-14-5-9-18(10-6-14)20-13-21(17(4)16(20)3)19-11-7-15(2)8-12-19;1-6-7-14(3)18-12-19(16(5)15(18)4)17-10-8-13(2)9-11-17;1-2-4-8-6(3-1)7-5-9-11-10-7;/h5-11H,1-4H3;6,8-11H,1H2,2-5H3;1-5H;/q3*-1;. The Morgan fingerprint density at radius 3 is 1.88 bits per heavy atom. The summed E-state index contributed by atoms with van der Waals surface area (Å²) in [6.45, 7) is 20.4. The van der Waals surface area contributed by atoms with E-state index < -0.39 is 0 Å². The summed E-state index contributed by atoms with van der Waals surface area (Å²) in [7, 11) is 0. The monoisotopic (exact) mass is 864 g/mol. The molecule has 0 saturated heterocycles. The van der Waals surface area contributed by atoms with Gasteiger partial charge in [-0.3, -0.25) is 19.3 Å². The van der Waals surface area contributed by atoms with E-state index in [-0.39, 0.29) is 20.1 Å². The molecule has 7 aromatic rings. The van der Waals surface area contributed by atoms with Gasteiger partial charge in [0.25, 0.3) is 12.7 Å². The van der Waals surface area contributed by atoms with E-state index in [2.05, 4.69) is 175 Å². The van der Waals surface area contributed by atoms with Gasteiger partial charge < -0.3 is 19.3 Å². The molecule has 0 aliphatic carbocycles. The first kappa shape index (κ1) is 39.3. The van der Waals surface area contributed by atoms with Gasteiger partial charge in [-0.25, -0.2) is 18.7 Å². The number of hydrogen-bond acceptors (Lipinski definition) is 3. The fourth-order valence-corrected chi connectivity index (χ4v) is 5.26. The average Bonchev–Trinajstić information content (AvgIpc) is 3.86.